The Labute approximate surface area is 206 Å². The molecule has 1 aromatic carbocycles. The molecule has 0 unspecified atom stereocenters. The van der Waals surface area contributed by atoms with Crippen molar-refractivity contribution >= 4 is 11.3 Å². The number of benzene rings is 1. The summed E-state index contributed by atoms with van der Waals surface area (Å²) in [5.74, 6) is 2.47. The van der Waals surface area contributed by atoms with Gasteiger partial charge in [0, 0.05) is 13.1 Å². The maximum atomic E-state index is 5.98. The van der Waals surface area contributed by atoms with Gasteiger partial charge >= 0.3 is 0 Å². The normalized spacial score (nSPS) is 23.8. The van der Waals surface area contributed by atoms with Gasteiger partial charge in [-0.05, 0) is 56.1 Å². The van der Waals surface area contributed by atoms with Gasteiger partial charge in [-0.25, -0.2) is 14.5 Å². The highest BCUT2D eigenvalue weighted by Gasteiger charge is 2.55. The first-order chi connectivity index (χ1) is 16.8. The molecule has 6 heterocycles. The van der Waals surface area contributed by atoms with E-state index in [4.69, 9.17) is 14.8 Å². The molecule has 4 aliphatic rings. The van der Waals surface area contributed by atoms with E-state index in [0.29, 0.717) is 5.41 Å². The monoisotopic (exact) mass is 473 g/mol. The minimum absolute atomic E-state index is 0.182. The summed E-state index contributed by atoms with van der Waals surface area (Å²) in [4.78, 5) is 11.0. The maximum absolute atomic E-state index is 5.98. The van der Waals surface area contributed by atoms with Crippen LogP contribution in [0.5, 0.6) is 0 Å². The Hall–Kier alpha value is -3.26. The van der Waals surface area contributed by atoms with Gasteiger partial charge in [0.2, 0.25) is 0 Å². The molecule has 0 radical (unpaired) electrons. The summed E-state index contributed by atoms with van der Waals surface area (Å²) in [6.07, 6.45) is 7.05. The predicted octanol–water partition coefficient (Wildman–Crippen LogP) is 4.71. The van der Waals surface area contributed by atoms with Crippen molar-refractivity contribution < 1.29 is 4.74 Å². The topological polar surface area (TPSA) is 84.2 Å². The lowest BCUT2D eigenvalue weighted by Crippen LogP contribution is -2.34. The molecule has 1 N–H and O–H groups in total. The van der Waals surface area contributed by atoms with Gasteiger partial charge in [-0.1, -0.05) is 50.2 Å². The average molecular weight is 474 g/mol. The third-order valence-electron chi connectivity index (χ3n) is 7.09. The van der Waals surface area contributed by atoms with Gasteiger partial charge in [-0.3, -0.25) is 5.10 Å². The number of hydrogen-bond donors (Lipinski definition) is 1. The van der Waals surface area contributed by atoms with E-state index in [1.807, 2.05) is 47.8 Å². The molecule has 2 bridgehead atoms. The van der Waals surface area contributed by atoms with Crippen LogP contribution in [0.4, 0.5) is 5.69 Å². The Morgan fingerprint density at radius 3 is 2.26 bits per heavy atom. The molecule has 35 heavy (non-hydrogen) atoms. The van der Waals surface area contributed by atoms with E-state index < -0.39 is 0 Å². The summed E-state index contributed by atoms with van der Waals surface area (Å²) in [5.41, 5.74) is 3.63. The minimum Gasteiger partial charge on any atom is -0.370 e. The molecule has 8 heteroatoms. The quantitative estimate of drug-likeness (QED) is 0.454. The number of aryl methyl sites for hydroxylation is 2. The number of anilines is 1. The fourth-order valence-electron chi connectivity index (χ4n) is 5.11. The molecule has 184 valence electrons. The maximum Gasteiger partial charge on any atom is 0.183 e. The molecule has 8 nitrogen and oxygen atoms in total. The Morgan fingerprint density at radius 2 is 1.77 bits per heavy atom. The Morgan fingerprint density at radius 1 is 1.06 bits per heavy atom. The summed E-state index contributed by atoms with van der Waals surface area (Å²) in [6, 6.07) is 14.3. The van der Waals surface area contributed by atoms with Gasteiger partial charge < -0.3 is 9.64 Å². The van der Waals surface area contributed by atoms with Crippen LogP contribution >= 0.6 is 0 Å². The van der Waals surface area contributed by atoms with E-state index in [2.05, 4.69) is 53.1 Å². The lowest BCUT2D eigenvalue weighted by atomic mass is 9.74. The van der Waals surface area contributed by atoms with Crippen molar-refractivity contribution in [2.45, 2.75) is 52.6 Å². The van der Waals surface area contributed by atoms with Crippen LogP contribution in [0.2, 0.25) is 0 Å². The molecule has 0 spiro atoms. The second-order valence-corrected chi connectivity index (χ2v) is 10.7. The number of pyridine rings is 1. The zero-order valence-corrected chi connectivity index (χ0v) is 21.1. The highest BCUT2D eigenvalue weighted by Crippen LogP contribution is 2.54. The van der Waals surface area contributed by atoms with E-state index in [1.54, 1.807) is 0 Å². The molecular formula is C27H35N7O. The zero-order valence-electron chi connectivity index (χ0n) is 21.1. The summed E-state index contributed by atoms with van der Waals surface area (Å²) < 4.78 is 7.95. The van der Waals surface area contributed by atoms with Crippen molar-refractivity contribution in [1.82, 2.24) is 29.8 Å². The van der Waals surface area contributed by atoms with Crippen LogP contribution in [0.1, 0.15) is 50.3 Å². The van der Waals surface area contributed by atoms with Crippen molar-refractivity contribution in [3.05, 3.63) is 72.2 Å². The molecule has 3 saturated heterocycles. The van der Waals surface area contributed by atoms with Gasteiger partial charge in [0.05, 0.1) is 18.5 Å². The number of H-pyrrole nitrogens is 1. The highest BCUT2D eigenvalue weighted by atomic mass is 16.5. The average Bonchev–Trinajstić information content (AvgIpc) is 3.64. The van der Waals surface area contributed by atoms with Gasteiger partial charge in [0.15, 0.2) is 11.5 Å². The molecule has 3 aliphatic heterocycles. The van der Waals surface area contributed by atoms with E-state index in [-0.39, 0.29) is 5.60 Å². The largest absolute Gasteiger partial charge is 0.370 e. The first kappa shape index (κ1) is 23.5. The van der Waals surface area contributed by atoms with Crippen molar-refractivity contribution in [3.63, 3.8) is 0 Å². The van der Waals surface area contributed by atoms with Crippen molar-refractivity contribution in [2.75, 3.05) is 24.6 Å². The number of nitrogens with zero attached hydrogens (tertiary/aromatic N) is 6. The summed E-state index contributed by atoms with van der Waals surface area (Å²) in [7, 11) is 0. The summed E-state index contributed by atoms with van der Waals surface area (Å²) in [5, 5.41) is 11.0. The second-order valence-electron chi connectivity index (χ2n) is 10.7. The van der Waals surface area contributed by atoms with E-state index in [1.165, 1.54) is 24.0 Å². The van der Waals surface area contributed by atoms with Crippen LogP contribution in [-0.4, -0.2) is 49.5 Å². The molecular weight excluding hydrogens is 438 g/mol. The van der Waals surface area contributed by atoms with Crippen LogP contribution < -0.4 is 4.90 Å². The van der Waals surface area contributed by atoms with Crippen molar-refractivity contribution in [2.24, 2.45) is 11.3 Å². The smallest absolute Gasteiger partial charge is 0.183 e. The highest BCUT2D eigenvalue weighted by molar-refractivity contribution is 5.57. The zero-order chi connectivity index (χ0) is 24.5. The van der Waals surface area contributed by atoms with Crippen molar-refractivity contribution in [3.8, 4) is 0 Å². The molecule has 3 aromatic heterocycles. The molecule has 4 aromatic rings. The Bertz CT molecular complexity index is 1210. The first-order valence-electron chi connectivity index (χ1n) is 12.4. The SMILES string of the molecule is Cc1cc(N2CCC(C)(C)C2)cn2nc(C34CC(CO3)C4)nc12.Cc1ncn[nH]1.c1ccccc1. The predicted molar refractivity (Wildman–Crippen MR) is 136 cm³/mol. The standard InChI is InChI=1S/C18H24N4O.C6H6.C3H5N3/c1-12-6-14(21-5-4-17(2,3)11-21)9-22-15(12)19-16(20-22)18-7-13(8-18)10-23-18;1-2-4-6-5-3-1;1-3-4-2-5-6-3/h6,9,13H,4-5,7-8,10-11H2,1-3H3;1-6H;2H,1H3,(H,4,5,6). The molecule has 1 saturated carbocycles. The number of aromatic amines is 1. The Kier molecular flexibility index (Phi) is 6.32. The van der Waals surface area contributed by atoms with Crippen molar-refractivity contribution in [1.29, 1.82) is 0 Å². The van der Waals surface area contributed by atoms with E-state index in [0.717, 1.165) is 55.8 Å². The van der Waals surface area contributed by atoms with Crippen LogP contribution in [0.15, 0.2) is 55.0 Å². The number of aromatic nitrogens is 6. The number of ether oxygens (including phenoxy) is 1. The second kappa shape index (κ2) is 9.41. The third-order valence-corrected chi connectivity index (χ3v) is 7.09. The Balaban J connectivity index is 0.000000173. The molecule has 8 rings (SSSR count). The number of rotatable bonds is 2. The lowest BCUT2D eigenvalue weighted by molar-refractivity contribution is -0.0109. The molecule has 4 fully saturated rings. The minimum atomic E-state index is -0.182. The number of hydrogen-bond acceptors (Lipinski definition) is 6. The summed E-state index contributed by atoms with van der Waals surface area (Å²) in [6.45, 7) is 11.8. The molecule has 0 amide bonds. The van der Waals surface area contributed by atoms with E-state index in [9.17, 15) is 0 Å². The van der Waals surface area contributed by atoms with Crippen LogP contribution in [0, 0.1) is 25.2 Å². The molecule has 1 aliphatic carbocycles. The summed E-state index contributed by atoms with van der Waals surface area (Å²) >= 11 is 0. The van der Waals surface area contributed by atoms with Gasteiger partial charge in [0.1, 0.15) is 17.8 Å². The fourth-order valence-corrected chi connectivity index (χ4v) is 5.11. The van der Waals surface area contributed by atoms with E-state index >= 15 is 0 Å². The van der Waals surface area contributed by atoms with Gasteiger partial charge in [-0.15, -0.1) is 5.10 Å². The van der Waals surface area contributed by atoms with Gasteiger partial charge in [0.25, 0.3) is 0 Å². The number of nitrogens with one attached hydrogen (secondary N) is 1. The first-order valence-corrected chi connectivity index (χ1v) is 12.4. The third kappa shape index (κ3) is 5.07. The lowest BCUT2D eigenvalue weighted by Gasteiger charge is -2.32. The number of fused-ring (bicyclic) bond motifs is 2. The molecule has 0 atom stereocenters. The van der Waals surface area contributed by atoms with Gasteiger partial charge in [-0.2, -0.15) is 5.10 Å². The van der Waals surface area contributed by atoms with Crippen LogP contribution in [0.25, 0.3) is 5.65 Å². The van der Waals surface area contributed by atoms with Crippen LogP contribution in [0.3, 0.4) is 0 Å². The fraction of sp³-hybridized carbons (Fsp3) is 0.481. The van der Waals surface area contributed by atoms with Crippen LogP contribution in [-0.2, 0) is 10.3 Å².